The molecule has 2 amide bonds. The first-order chi connectivity index (χ1) is 13.5. The molecule has 0 aromatic heterocycles. The van der Waals surface area contributed by atoms with Gasteiger partial charge >= 0.3 is 5.97 Å². The zero-order chi connectivity index (χ0) is 19.4. The number of carbonyl (C=O) groups is 3. The summed E-state index contributed by atoms with van der Waals surface area (Å²) in [5.41, 5.74) is 2.10. The zero-order valence-electron chi connectivity index (χ0n) is 15.6. The molecule has 2 aromatic rings. The molecule has 28 heavy (non-hydrogen) atoms. The van der Waals surface area contributed by atoms with E-state index in [1.54, 1.807) is 36.4 Å². The van der Waals surface area contributed by atoms with Crippen LogP contribution in [0.2, 0.25) is 0 Å². The van der Waals surface area contributed by atoms with Gasteiger partial charge in [0.2, 0.25) is 11.8 Å². The molecule has 142 valence electrons. The number of fused-ring (bicyclic) bond motifs is 5. The van der Waals surface area contributed by atoms with E-state index in [0.29, 0.717) is 28.8 Å². The molecule has 1 saturated heterocycles. The van der Waals surface area contributed by atoms with Crippen molar-refractivity contribution in [3.8, 4) is 5.75 Å². The van der Waals surface area contributed by atoms with Crippen molar-refractivity contribution in [1.29, 1.82) is 0 Å². The third-order valence-corrected chi connectivity index (χ3v) is 6.52. The predicted molar refractivity (Wildman–Crippen MR) is 103 cm³/mol. The molecule has 3 aliphatic rings. The van der Waals surface area contributed by atoms with Gasteiger partial charge in [0.1, 0.15) is 5.75 Å². The van der Waals surface area contributed by atoms with E-state index in [9.17, 15) is 14.4 Å². The summed E-state index contributed by atoms with van der Waals surface area (Å²) >= 11 is 0. The SMILES string of the molecule is Cc1ccc(C(=O)Oc2ccc(N3C(=O)[C@H]4[C@H]5CC[C@@H](C5)[C@@H]4C3=O)cc2)cc1. The predicted octanol–water partition coefficient (Wildman–Crippen LogP) is 3.75. The van der Waals surface area contributed by atoms with Crippen LogP contribution in [0, 0.1) is 30.6 Å². The van der Waals surface area contributed by atoms with Gasteiger partial charge in [-0.15, -0.1) is 0 Å². The maximum atomic E-state index is 12.9. The van der Waals surface area contributed by atoms with Crippen LogP contribution in [0.4, 0.5) is 5.69 Å². The van der Waals surface area contributed by atoms with Crippen LogP contribution in [-0.2, 0) is 9.59 Å². The lowest BCUT2D eigenvalue weighted by atomic mass is 9.81. The van der Waals surface area contributed by atoms with Crippen molar-refractivity contribution < 1.29 is 19.1 Å². The normalized spacial score (nSPS) is 28.0. The Morgan fingerprint density at radius 3 is 2.04 bits per heavy atom. The Hall–Kier alpha value is -2.95. The highest BCUT2D eigenvalue weighted by Crippen LogP contribution is 2.56. The minimum atomic E-state index is -0.438. The molecule has 4 atom stereocenters. The van der Waals surface area contributed by atoms with E-state index in [1.807, 2.05) is 19.1 Å². The molecule has 0 N–H and O–H groups in total. The number of hydrogen-bond donors (Lipinski definition) is 0. The Morgan fingerprint density at radius 1 is 0.893 bits per heavy atom. The van der Waals surface area contributed by atoms with Crippen molar-refractivity contribution in [2.45, 2.75) is 26.2 Å². The lowest BCUT2D eigenvalue weighted by Gasteiger charge is -2.19. The van der Waals surface area contributed by atoms with Crippen LogP contribution < -0.4 is 9.64 Å². The van der Waals surface area contributed by atoms with Crippen LogP contribution in [0.3, 0.4) is 0 Å². The van der Waals surface area contributed by atoms with Crippen LogP contribution in [0.1, 0.15) is 35.2 Å². The minimum Gasteiger partial charge on any atom is -0.423 e. The molecule has 0 radical (unpaired) electrons. The second kappa shape index (κ2) is 6.30. The number of carbonyl (C=O) groups excluding carboxylic acids is 3. The van der Waals surface area contributed by atoms with Crippen molar-refractivity contribution in [3.63, 3.8) is 0 Å². The molecule has 2 aliphatic carbocycles. The minimum absolute atomic E-state index is 0.0633. The largest absolute Gasteiger partial charge is 0.423 e. The average Bonchev–Trinajstić information content (AvgIpc) is 3.37. The number of imide groups is 1. The fourth-order valence-electron chi connectivity index (χ4n) is 5.18. The van der Waals surface area contributed by atoms with Gasteiger partial charge in [0.15, 0.2) is 0 Å². The van der Waals surface area contributed by atoms with E-state index in [4.69, 9.17) is 4.74 Å². The number of esters is 1. The van der Waals surface area contributed by atoms with E-state index in [2.05, 4.69) is 0 Å². The molecule has 3 fully saturated rings. The number of nitrogens with zero attached hydrogens (tertiary/aromatic N) is 1. The van der Waals surface area contributed by atoms with Crippen LogP contribution in [0.25, 0.3) is 0 Å². The highest BCUT2D eigenvalue weighted by Gasteiger charge is 2.61. The number of benzene rings is 2. The number of anilines is 1. The fourth-order valence-corrected chi connectivity index (χ4v) is 5.18. The number of hydrogen-bond acceptors (Lipinski definition) is 4. The Bertz CT molecular complexity index is 935. The molecule has 5 rings (SSSR count). The fraction of sp³-hybridized carbons (Fsp3) is 0.348. The summed E-state index contributed by atoms with van der Waals surface area (Å²) in [7, 11) is 0. The number of rotatable bonds is 3. The van der Waals surface area contributed by atoms with Crippen LogP contribution in [-0.4, -0.2) is 17.8 Å². The van der Waals surface area contributed by atoms with E-state index >= 15 is 0 Å². The lowest BCUT2D eigenvalue weighted by molar-refractivity contribution is -0.123. The van der Waals surface area contributed by atoms with Crippen molar-refractivity contribution >= 4 is 23.5 Å². The molecule has 5 heteroatoms. The molecular formula is C23H21NO4. The first-order valence-electron chi connectivity index (χ1n) is 9.79. The summed E-state index contributed by atoms with van der Waals surface area (Å²) in [6.07, 6.45) is 3.15. The van der Waals surface area contributed by atoms with Crippen molar-refractivity contribution in [2.75, 3.05) is 4.90 Å². The number of amides is 2. The molecule has 0 spiro atoms. The van der Waals surface area contributed by atoms with Crippen molar-refractivity contribution in [1.82, 2.24) is 0 Å². The average molecular weight is 375 g/mol. The second-order valence-corrected chi connectivity index (χ2v) is 8.15. The maximum Gasteiger partial charge on any atom is 0.343 e. The molecule has 0 unspecified atom stereocenters. The molecule has 1 heterocycles. The summed E-state index contributed by atoms with van der Waals surface area (Å²) in [5, 5.41) is 0. The number of aryl methyl sites for hydroxylation is 1. The Kier molecular flexibility index (Phi) is 3.86. The Balaban J connectivity index is 1.33. The molecule has 5 nitrogen and oxygen atoms in total. The molecule has 2 bridgehead atoms. The Morgan fingerprint density at radius 2 is 1.46 bits per heavy atom. The van der Waals surface area contributed by atoms with Gasteiger partial charge in [0, 0.05) is 0 Å². The summed E-state index contributed by atoms with van der Waals surface area (Å²) in [4.78, 5) is 39.3. The molecular weight excluding hydrogens is 354 g/mol. The van der Waals surface area contributed by atoms with Crippen LogP contribution in [0.5, 0.6) is 5.75 Å². The summed E-state index contributed by atoms with van der Waals surface area (Å²) in [5.74, 6) is 0.284. The third kappa shape index (κ3) is 2.57. The quantitative estimate of drug-likeness (QED) is 0.466. The monoisotopic (exact) mass is 375 g/mol. The van der Waals surface area contributed by atoms with E-state index < -0.39 is 5.97 Å². The van der Waals surface area contributed by atoms with Gasteiger partial charge in [0.25, 0.3) is 0 Å². The second-order valence-electron chi connectivity index (χ2n) is 8.15. The van der Waals surface area contributed by atoms with E-state index in [0.717, 1.165) is 24.8 Å². The maximum absolute atomic E-state index is 12.9. The lowest BCUT2D eigenvalue weighted by Crippen LogP contribution is -2.32. The zero-order valence-corrected chi connectivity index (χ0v) is 15.6. The smallest absolute Gasteiger partial charge is 0.343 e. The standard InChI is InChI=1S/C23H21NO4/c1-13-2-4-14(5-3-13)23(27)28-18-10-8-17(9-11-18)24-21(25)19-15-6-7-16(12-15)20(19)22(24)26/h2-5,8-11,15-16,19-20H,6-7,12H2,1H3/t15-,16-,19-,20-/m0/s1. The summed E-state index contributed by atoms with van der Waals surface area (Å²) in [6.45, 7) is 1.95. The van der Waals surface area contributed by atoms with Crippen LogP contribution in [0.15, 0.2) is 48.5 Å². The first-order valence-corrected chi connectivity index (χ1v) is 9.79. The van der Waals surface area contributed by atoms with Gasteiger partial charge in [-0.2, -0.15) is 0 Å². The summed E-state index contributed by atoms with van der Waals surface area (Å²) in [6, 6.07) is 13.8. The topological polar surface area (TPSA) is 63.7 Å². The molecule has 2 aromatic carbocycles. The van der Waals surface area contributed by atoms with E-state index in [-0.39, 0.29) is 23.7 Å². The number of ether oxygens (including phenoxy) is 1. The highest BCUT2D eigenvalue weighted by atomic mass is 16.5. The summed E-state index contributed by atoms with van der Waals surface area (Å²) < 4.78 is 5.40. The molecule has 1 aliphatic heterocycles. The first kappa shape index (κ1) is 17.2. The van der Waals surface area contributed by atoms with E-state index in [1.165, 1.54) is 4.90 Å². The van der Waals surface area contributed by atoms with Crippen molar-refractivity contribution in [2.24, 2.45) is 23.7 Å². The van der Waals surface area contributed by atoms with Gasteiger partial charge in [-0.3, -0.25) is 14.5 Å². The third-order valence-electron chi connectivity index (χ3n) is 6.52. The van der Waals surface area contributed by atoms with Gasteiger partial charge in [-0.05, 0) is 74.4 Å². The van der Waals surface area contributed by atoms with Gasteiger partial charge < -0.3 is 4.74 Å². The van der Waals surface area contributed by atoms with Crippen LogP contribution >= 0.6 is 0 Å². The Labute approximate surface area is 163 Å². The van der Waals surface area contributed by atoms with Gasteiger partial charge in [0.05, 0.1) is 23.1 Å². The van der Waals surface area contributed by atoms with Gasteiger partial charge in [-0.25, -0.2) is 4.79 Å². The van der Waals surface area contributed by atoms with Crippen molar-refractivity contribution in [3.05, 3.63) is 59.7 Å². The van der Waals surface area contributed by atoms with Gasteiger partial charge in [-0.1, -0.05) is 17.7 Å². The highest BCUT2D eigenvalue weighted by molar-refractivity contribution is 6.22. The molecule has 2 saturated carbocycles.